The molecule has 0 radical (unpaired) electrons. The molecule has 0 N–H and O–H groups in total. The molecule has 1 unspecified atom stereocenters. The maximum atomic E-state index is 12.5. The third-order valence-electron chi connectivity index (χ3n) is 2.29. The summed E-state index contributed by atoms with van der Waals surface area (Å²) in [6.07, 6.45) is -0.118. The van der Waals surface area contributed by atoms with E-state index in [-0.39, 0.29) is 17.9 Å². The van der Waals surface area contributed by atoms with E-state index in [1.54, 1.807) is 0 Å². The Morgan fingerprint density at radius 1 is 1.44 bits per heavy atom. The quantitative estimate of drug-likeness (QED) is 0.339. The van der Waals surface area contributed by atoms with E-state index in [2.05, 4.69) is 0 Å². The fourth-order valence-electron chi connectivity index (χ4n) is 1.33. The number of ether oxygens (including phenoxy) is 1. The van der Waals surface area contributed by atoms with Gasteiger partial charge in [-0.3, -0.25) is 10.1 Å². The van der Waals surface area contributed by atoms with Crippen LogP contribution in [0.15, 0.2) is 24.3 Å². The summed E-state index contributed by atoms with van der Waals surface area (Å²) in [5, 5.41) is 10.4. The van der Waals surface area contributed by atoms with Crippen molar-refractivity contribution in [3.63, 3.8) is 0 Å². The van der Waals surface area contributed by atoms with Crippen LogP contribution in [0.25, 0.3) is 0 Å². The monoisotopic (exact) mass is 255 g/mol. The minimum absolute atomic E-state index is 0.0854. The highest BCUT2D eigenvalue weighted by Crippen LogP contribution is 2.12. The van der Waals surface area contributed by atoms with Crippen molar-refractivity contribution in [3.05, 3.63) is 39.9 Å². The standard InChI is InChI=1S/C12H14FNO4/c1-9(13)3-2-8-18-12(15)10-4-6-11(7-5-10)14(16)17/h4-7,9H,2-3,8H2,1H3. The van der Waals surface area contributed by atoms with Gasteiger partial charge in [-0.25, -0.2) is 9.18 Å². The van der Waals surface area contributed by atoms with Crippen LogP contribution in [0.2, 0.25) is 0 Å². The average molecular weight is 255 g/mol. The second kappa shape index (κ2) is 6.68. The molecule has 0 heterocycles. The number of nitro benzene ring substituents is 1. The van der Waals surface area contributed by atoms with Gasteiger partial charge >= 0.3 is 5.97 Å². The molecule has 0 amide bonds. The molecule has 0 aliphatic rings. The first kappa shape index (κ1) is 14.1. The van der Waals surface area contributed by atoms with Crippen molar-refractivity contribution in [2.75, 3.05) is 6.61 Å². The highest BCUT2D eigenvalue weighted by Gasteiger charge is 2.10. The van der Waals surface area contributed by atoms with Crippen LogP contribution in [0.5, 0.6) is 0 Å². The van der Waals surface area contributed by atoms with Gasteiger partial charge in [-0.05, 0) is 31.9 Å². The number of carbonyl (C=O) groups is 1. The lowest BCUT2D eigenvalue weighted by Gasteiger charge is -2.05. The average Bonchev–Trinajstić information content (AvgIpc) is 2.34. The van der Waals surface area contributed by atoms with Crippen LogP contribution < -0.4 is 0 Å². The first-order chi connectivity index (χ1) is 8.50. The molecule has 0 aliphatic heterocycles. The highest BCUT2D eigenvalue weighted by atomic mass is 19.1. The van der Waals surface area contributed by atoms with Crippen molar-refractivity contribution in [2.24, 2.45) is 0 Å². The number of hydrogen-bond acceptors (Lipinski definition) is 4. The predicted molar refractivity (Wildman–Crippen MR) is 63.2 cm³/mol. The maximum absolute atomic E-state index is 12.5. The van der Waals surface area contributed by atoms with Crippen molar-refractivity contribution >= 4 is 11.7 Å². The number of rotatable bonds is 6. The Labute approximate surface area is 104 Å². The van der Waals surface area contributed by atoms with Gasteiger partial charge in [0.25, 0.3) is 5.69 Å². The molecule has 0 saturated carbocycles. The van der Waals surface area contributed by atoms with E-state index in [0.29, 0.717) is 12.8 Å². The van der Waals surface area contributed by atoms with Crippen molar-refractivity contribution in [2.45, 2.75) is 25.9 Å². The lowest BCUT2D eigenvalue weighted by atomic mass is 10.2. The summed E-state index contributed by atoms with van der Waals surface area (Å²) in [4.78, 5) is 21.4. The summed E-state index contributed by atoms with van der Waals surface area (Å²) in [6.45, 7) is 1.59. The normalized spacial score (nSPS) is 11.9. The first-order valence-corrected chi connectivity index (χ1v) is 5.56. The minimum atomic E-state index is -0.914. The van der Waals surface area contributed by atoms with Gasteiger partial charge in [0.05, 0.1) is 23.3 Å². The fourth-order valence-corrected chi connectivity index (χ4v) is 1.33. The Morgan fingerprint density at radius 2 is 2.06 bits per heavy atom. The van der Waals surface area contributed by atoms with Gasteiger partial charge in [0, 0.05) is 12.1 Å². The molecule has 0 bridgehead atoms. The Hall–Kier alpha value is -1.98. The van der Waals surface area contributed by atoms with Crippen LogP contribution in [0, 0.1) is 10.1 Å². The smallest absolute Gasteiger partial charge is 0.338 e. The van der Waals surface area contributed by atoms with Gasteiger partial charge < -0.3 is 4.74 Å². The van der Waals surface area contributed by atoms with E-state index < -0.39 is 17.1 Å². The van der Waals surface area contributed by atoms with Gasteiger partial charge in [-0.2, -0.15) is 0 Å². The number of non-ortho nitro benzene ring substituents is 1. The molecule has 1 atom stereocenters. The highest BCUT2D eigenvalue weighted by molar-refractivity contribution is 5.89. The molecule has 1 rings (SSSR count). The number of carbonyl (C=O) groups excluding carboxylic acids is 1. The van der Waals surface area contributed by atoms with Gasteiger partial charge in [0.15, 0.2) is 0 Å². The Balaban J connectivity index is 2.44. The van der Waals surface area contributed by atoms with Crippen molar-refractivity contribution in [3.8, 4) is 0 Å². The second-order valence-electron chi connectivity index (χ2n) is 3.86. The molecule has 18 heavy (non-hydrogen) atoms. The number of halogens is 1. The number of esters is 1. The zero-order valence-corrected chi connectivity index (χ0v) is 9.97. The SMILES string of the molecule is CC(F)CCCOC(=O)c1ccc([N+](=O)[O-])cc1. The van der Waals surface area contributed by atoms with E-state index in [1.165, 1.54) is 31.2 Å². The summed E-state index contributed by atoms with van der Waals surface area (Å²) in [5.41, 5.74) is 0.159. The molecule has 0 aliphatic carbocycles. The lowest BCUT2D eigenvalue weighted by Crippen LogP contribution is -2.07. The molecule has 1 aromatic rings. The molecular formula is C12H14FNO4. The van der Waals surface area contributed by atoms with Crippen LogP contribution in [0.1, 0.15) is 30.1 Å². The zero-order chi connectivity index (χ0) is 13.5. The molecule has 0 fully saturated rings. The van der Waals surface area contributed by atoms with Gasteiger partial charge in [0.2, 0.25) is 0 Å². The van der Waals surface area contributed by atoms with Crippen molar-refractivity contribution in [1.82, 2.24) is 0 Å². The Morgan fingerprint density at radius 3 is 2.56 bits per heavy atom. The number of hydrogen-bond donors (Lipinski definition) is 0. The zero-order valence-electron chi connectivity index (χ0n) is 9.97. The van der Waals surface area contributed by atoms with Crippen LogP contribution in [0.3, 0.4) is 0 Å². The molecule has 0 spiro atoms. The van der Waals surface area contributed by atoms with Crippen LogP contribution in [-0.2, 0) is 4.74 Å². The summed E-state index contributed by atoms with van der Waals surface area (Å²) >= 11 is 0. The maximum Gasteiger partial charge on any atom is 0.338 e. The number of nitro groups is 1. The molecule has 1 aromatic carbocycles. The number of nitrogens with zero attached hydrogens (tertiary/aromatic N) is 1. The van der Waals surface area contributed by atoms with E-state index in [1.807, 2.05) is 0 Å². The third-order valence-corrected chi connectivity index (χ3v) is 2.29. The Bertz CT molecular complexity index is 417. The molecular weight excluding hydrogens is 241 g/mol. The minimum Gasteiger partial charge on any atom is -0.462 e. The second-order valence-corrected chi connectivity index (χ2v) is 3.86. The topological polar surface area (TPSA) is 69.4 Å². The molecule has 98 valence electrons. The Kier molecular flexibility index (Phi) is 5.23. The summed E-state index contributed by atoms with van der Waals surface area (Å²) < 4.78 is 17.4. The van der Waals surface area contributed by atoms with Crippen molar-refractivity contribution < 1.29 is 18.8 Å². The number of alkyl halides is 1. The fraction of sp³-hybridized carbons (Fsp3) is 0.417. The largest absolute Gasteiger partial charge is 0.462 e. The molecule has 0 saturated heterocycles. The van der Waals surface area contributed by atoms with Crippen LogP contribution in [0.4, 0.5) is 10.1 Å². The summed E-state index contributed by atoms with van der Waals surface area (Å²) in [5.74, 6) is -0.559. The van der Waals surface area contributed by atoms with E-state index in [9.17, 15) is 19.3 Å². The van der Waals surface area contributed by atoms with E-state index in [4.69, 9.17) is 4.74 Å². The summed E-state index contributed by atoms with van der Waals surface area (Å²) in [6, 6.07) is 5.14. The van der Waals surface area contributed by atoms with Gasteiger partial charge in [-0.15, -0.1) is 0 Å². The van der Waals surface area contributed by atoms with E-state index in [0.717, 1.165) is 0 Å². The van der Waals surface area contributed by atoms with Crippen LogP contribution >= 0.6 is 0 Å². The number of benzene rings is 1. The summed E-state index contributed by atoms with van der Waals surface area (Å²) in [7, 11) is 0. The third kappa shape index (κ3) is 4.48. The van der Waals surface area contributed by atoms with Gasteiger partial charge in [0.1, 0.15) is 0 Å². The van der Waals surface area contributed by atoms with Crippen LogP contribution in [-0.4, -0.2) is 23.7 Å². The molecule has 6 heteroatoms. The van der Waals surface area contributed by atoms with Gasteiger partial charge in [-0.1, -0.05) is 0 Å². The molecule has 0 aromatic heterocycles. The van der Waals surface area contributed by atoms with Crippen molar-refractivity contribution in [1.29, 1.82) is 0 Å². The lowest BCUT2D eigenvalue weighted by molar-refractivity contribution is -0.384. The first-order valence-electron chi connectivity index (χ1n) is 5.56. The van der Waals surface area contributed by atoms with E-state index >= 15 is 0 Å². The predicted octanol–water partition coefficient (Wildman–Crippen LogP) is 2.89. The molecule has 5 nitrogen and oxygen atoms in total.